The first-order chi connectivity index (χ1) is 6.66. The summed E-state index contributed by atoms with van der Waals surface area (Å²) in [6.45, 7) is 0. The largest absolute Gasteiger partial charge is 0.469 e. The zero-order valence-corrected chi connectivity index (χ0v) is 11.1. The Bertz CT molecular complexity index is 237. The number of carbonyl (C=O) groups excluding carboxylic acids is 1. The fourth-order valence-electron chi connectivity index (χ4n) is 2.92. The molecular formula is C10H20Cl2N2O2. The summed E-state index contributed by atoms with van der Waals surface area (Å²) >= 11 is 0. The SMILES string of the molecule is COC(=O)C12CCC(NN)(CC1)CC2.Cl.Cl. The van der Waals surface area contributed by atoms with Gasteiger partial charge in [0.1, 0.15) is 0 Å². The quantitative estimate of drug-likeness (QED) is 0.454. The van der Waals surface area contributed by atoms with Crippen LogP contribution in [0.3, 0.4) is 0 Å². The molecule has 0 amide bonds. The van der Waals surface area contributed by atoms with Crippen LogP contribution in [-0.4, -0.2) is 18.6 Å². The molecule has 2 bridgehead atoms. The molecule has 4 nitrogen and oxygen atoms in total. The molecule has 3 aliphatic carbocycles. The number of ether oxygens (including phenoxy) is 1. The zero-order chi connectivity index (χ0) is 10.2. The maximum absolute atomic E-state index is 11.7. The van der Waals surface area contributed by atoms with E-state index in [0.29, 0.717) is 0 Å². The van der Waals surface area contributed by atoms with Crippen LogP contribution in [0.4, 0.5) is 0 Å². The highest BCUT2D eigenvalue weighted by Gasteiger charge is 2.52. The summed E-state index contributed by atoms with van der Waals surface area (Å²) < 4.78 is 4.88. The molecule has 0 radical (unpaired) electrons. The van der Waals surface area contributed by atoms with E-state index in [1.54, 1.807) is 0 Å². The van der Waals surface area contributed by atoms with Gasteiger partial charge in [0.2, 0.25) is 0 Å². The summed E-state index contributed by atoms with van der Waals surface area (Å²) in [5.41, 5.74) is 2.85. The van der Waals surface area contributed by atoms with E-state index in [2.05, 4.69) is 5.43 Å². The van der Waals surface area contributed by atoms with E-state index in [1.807, 2.05) is 0 Å². The molecule has 0 heterocycles. The summed E-state index contributed by atoms with van der Waals surface area (Å²) in [7, 11) is 1.48. The van der Waals surface area contributed by atoms with E-state index in [1.165, 1.54) is 7.11 Å². The van der Waals surface area contributed by atoms with Gasteiger partial charge in [-0.15, -0.1) is 24.8 Å². The normalized spacial score (nSPS) is 35.9. The lowest BCUT2D eigenvalue weighted by Crippen LogP contribution is -2.59. The monoisotopic (exact) mass is 270 g/mol. The van der Waals surface area contributed by atoms with E-state index in [9.17, 15) is 4.79 Å². The Hall–Kier alpha value is -0.0300. The molecule has 3 rings (SSSR count). The summed E-state index contributed by atoms with van der Waals surface area (Å²) in [6, 6.07) is 0. The number of hydrogen-bond acceptors (Lipinski definition) is 4. The van der Waals surface area contributed by atoms with Crippen molar-refractivity contribution >= 4 is 30.8 Å². The highest BCUT2D eigenvalue weighted by atomic mass is 35.5. The van der Waals surface area contributed by atoms with Gasteiger partial charge >= 0.3 is 5.97 Å². The summed E-state index contributed by atoms with van der Waals surface area (Å²) in [5.74, 6) is 5.53. The van der Waals surface area contributed by atoms with Gasteiger partial charge in [0.15, 0.2) is 0 Å². The van der Waals surface area contributed by atoms with Crippen LogP contribution in [0.2, 0.25) is 0 Å². The molecule has 0 aromatic rings. The van der Waals surface area contributed by atoms with Gasteiger partial charge in [-0.2, -0.15) is 0 Å². The van der Waals surface area contributed by atoms with Crippen LogP contribution in [0, 0.1) is 5.41 Å². The van der Waals surface area contributed by atoms with Crippen LogP contribution in [0.1, 0.15) is 38.5 Å². The van der Waals surface area contributed by atoms with E-state index >= 15 is 0 Å². The maximum Gasteiger partial charge on any atom is 0.311 e. The second-order valence-electron chi connectivity index (χ2n) is 4.70. The first kappa shape index (κ1) is 16.0. The van der Waals surface area contributed by atoms with Gasteiger partial charge in [-0.25, -0.2) is 0 Å². The van der Waals surface area contributed by atoms with Crippen LogP contribution in [0.25, 0.3) is 0 Å². The first-order valence-electron chi connectivity index (χ1n) is 5.23. The van der Waals surface area contributed by atoms with Gasteiger partial charge in [0, 0.05) is 5.54 Å². The van der Waals surface area contributed by atoms with Crippen LogP contribution in [0.5, 0.6) is 0 Å². The van der Waals surface area contributed by atoms with Crippen LogP contribution < -0.4 is 11.3 Å². The molecule has 96 valence electrons. The average molecular weight is 271 g/mol. The Kier molecular flexibility index (Phi) is 5.53. The van der Waals surface area contributed by atoms with Crippen molar-refractivity contribution in [1.29, 1.82) is 0 Å². The molecule has 0 atom stereocenters. The predicted molar refractivity (Wildman–Crippen MR) is 66.7 cm³/mol. The third-order valence-corrected chi connectivity index (χ3v) is 4.17. The average Bonchev–Trinajstić information content (AvgIpc) is 2.30. The molecule has 3 fully saturated rings. The molecule has 6 heteroatoms. The van der Waals surface area contributed by atoms with E-state index in [4.69, 9.17) is 10.6 Å². The third kappa shape index (κ3) is 2.30. The first-order valence-corrected chi connectivity index (χ1v) is 5.23. The molecule has 0 unspecified atom stereocenters. The molecule has 0 aromatic carbocycles. The molecule has 3 saturated carbocycles. The third-order valence-electron chi connectivity index (χ3n) is 4.17. The standard InChI is InChI=1S/C10H18N2O2.2ClH/c1-14-8(13)9-2-5-10(12-11,6-3-9)7-4-9;;/h12H,2-7,11H2,1H3;2*1H. The van der Waals surface area contributed by atoms with Crippen molar-refractivity contribution in [2.24, 2.45) is 11.3 Å². The second kappa shape index (κ2) is 5.54. The summed E-state index contributed by atoms with van der Waals surface area (Å²) in [4.78, 5) is 11.7. The molecule has 0 aromatic heterocycles. The van der Waals surface area contributed by atoms with E-state index in [0.717, 1.165) is 38.5 Å². The summed E-state index contributed by atoms with van der Waals surface area (Å²) in [5, 5.41) is 0. The number of nitrogens with one attached hydrogen (secondary N) is 1. The maximum atomic E-state index is 11.7. The molecule has 0 saturated heterocycles. The fourth-order valence-corrected chi connectivity index (χ4v) is 2.92. The van der Waals surface area contributed by atoms with Crippen molar-refractivity contribution < 1.29 is 9.53 Å². The van der Waals surface area contributed by atoms with Crippen molar-refractivity contribution in [3.05, 3.63) is 0 Å². The highest BCUT2D eigenvalue weighted by Crippen LogP contribution is 2.52. The number of rotatable bonds is 2. The minimum Gasteiger partial charge on any atom is -0.469 e. The van der Waals surface area contributed by atoms with E-state index in [-0.39, 0.29) is 41.7 Å². The fraction of sp³-hybridized carbons (Fsp3) is 0.900. The highest BCUT2D eigenvalue weighted by molar-refractivity contribution is 5.85. The van der Waals surface area contributed by atoms with Crippen molar-refractivity contribution in [3.63, 3.8) is 0 Å². The van der Waals surface area contributed by atoms with E-state index < -0.39 is 0 Å². The van der Waals surface area contributed by atoms with Crippen molar-refractivity contribution in [2.45, 2.75) is 44.1 Å². The number of methoxy groups -OCH3 is 1. The van der Waals surface area contributed by atoms with Gasteiger partial charge in [0.25, 0.3) is 0 Å². The van der Waals surface area contributed by atoms with Gasteiger partial charge < -0.3 is 4.74 Å². The van der Waals surface area contributed by atoms with Crippen molar-refractivity contribution in [2.75, 3.05) is 7.11 Å². The lowest BCUT2D eigenvalue weighted by molar-refractivity contribution is -0.160. The zero-order valence-electron chi connectivity index (χ0n) is 9.45. The Labute approximate surface area is 108 Å². The Morgan fingerprint density at radius 1 is 1.12 bits per heavy atom. The molecular weight excluding hydrogens is 251 g/mol. The lowest BCUT2D eigenvalue weighted by Gasteiger charge is -2.51. The summed E-state index contributed by atoms with van der Waals surface area (Å²) in [6.07, 6.45) is 5.76. The molecule has 0 spiro atoms. The van der Waals surface area contributed by atoms with Crippen LogP contribution >= 0.6 is 24.8 Å². The number of carbonyl (C=O) groups is 1. The van der Waals surface area contributed by atoms with Gasteiger partial charge in [0.05, 0.1) is 12.5 Å². The van der Waals surface area contributed by atoms with Gasteiger partial charge in [-0.1, -0.05) is 0 Å². The number of fused-ring (bicyclic) bond motifs is 3. The topological polar surface area (TPSA) is 64.3 Å². The molecule has 16 heavy (non-hydrogen) atoms. The molecule has 3 aliphatic rings. The number of halogens is 2. The molecule has 0 aliphatic heterocycles. The number of hydrazine groups is 1. The Balaban J connectivity index is 0.00000112. The van der Waals surface area contributed by atoms with Gasteiger partial charge in [-0.05, 0) is 38.5 Å². The minimum absolute atomic E-state index is 0. The van der Waals surface area contributed by atoms with Gasteiger partial charge in [-0.3, -0.25) is 16.1 Å². The number of esters is 1. The Morgan fingerprint density at radius 3 is 1.88 bits per heavy atom. The van der Waals surface area contributed by atoms with Crippen molar-refractivity contribution in [3.8, 4) is 0 Å². The van der Waals surface area contributed by atoms with Crippen LogP contribution in [0.15, 0.2) is 0 Å². The van der Waals surface area contributed by atoms with Crippen molar-refractivity contribution in [1.82, 2.24) is 5.43 Å². The Morgan fingerprint density at radius 2 is 1.56 bits per heavy atom. The minimum atomic E-state index is -0.187. The molecule has 3 N–H and O–H groups in total. The lowest BCUT2D eigenvalue weighted by atomic mass is 9.57. The predicted octanol–water partition coefficient (Wildman–Crippen LogP) is 1.56. The number of nitrogens with two attached hydrogens (primary N) is 1. The number of hydrogen-bond donors (Lipinski definition) is 2. The smallest absolute Gasteiger partial charge is 0.311 e. The van der Waals surface area contributed by atoms with Crippen LogP contribution in [-0.2, 0) is 9.53 Å². The second-order valence-corrected chi connectivity index (χ2v) is 4.70.